The van der Waals surface area contributed by atoms with Gasteiger partial charge in [0.2, 0.25) is 6.29 Å². The number of rotatable bonds is 10. The summed E-state index contributed by atoms with van der Waals surface area (Å²) in [6.07, 6.45) is -21.3. The maximum absolute atomic E-state index is 14.8. The molecule has 0 spiro atoms. The van der Waals surface area contributed by atoms with E-state index in [0.717, 1.165) is 48.8 Å². The highest BCUT2D eigenvalue weighted by atomic mass is 16.8. The molecule has 5 aliphatic carbocycles. The Morgan fingerprint density at radius 1 is 0.622 bits per heavy atom. The lowest BCUT2D eigenvalue weighted by molar-refractivity contribution is -0.392. The first-order valence-electron chi connectivity index (χ1n) is 26.9. The topological polar surface area (TPSA) is 334 Å². The van der Waals surface area contributed by atoms with E-state index in [1.165, 1.54) is 6.92 Å². The Hall–Kier alpha value is -1.81. The van der Waals surface area contributed by atoms with Crippen molar-refractivity contribution >= 4 is 5.97 Å². The molecule has 0 amide bonds. The van der Waals surface area contributed by atoms with Crippen molar-refractivity contribution in [1.82, 2.24) is 0 Å². The minimum Gasteiger partial charge on any atom is -0.432 e. The number of carbonyl (C=O) groups excluding carboxylic acids is 1. The number of hydrogen-bond acceptors (Lipinski definition) is 21. The molecule has 4 saturated heterocycles. The molecule has 422 valence electrons. The van der Waals surface area contributed by atoms with Crippen molar-refractivity contribution in [2.24, 2.45) is 44.8 Å². The molecule has 0 unspecified atom stereocenters. The molecular weight excluding hydrogens is 973 g/mol. The van der Waals surface area contributed by atoms with Crippen LogP contribution in [0.25, 0.3) is 0 Å². The van der Waals surface area contributed by atoms with Crippen LogP contribution >= 0.6 is 0 Å². The van der Waals surface area contributed by atoms with Crippen molar-refractivity contribution in [3.8, 4) is 0 Å². The van der Waals surface area contributed by atoms with Gasteiger partial charge in [-0.2, -0.15) is 0 Å². The van der Waals surface area contributed by atoms with Gasteiger partial charge < -0.3 is 99.2 Å². The van der Waals surface area contributed by atoms with Gasteiger partial charge in [0.1, 0.15) is 85.5 Å². The number of aliphatic hydroxyl groups is 12. The van der Waals surface area contributed by atoms with Crippen LogP contribution in [-0.2, 0) is 42.7 Å². The van der Waals surface area contributed by atoms with Gasteiger partial charge in [-0.25, -0.2) is 0 Å². The molecule has 0 aromatic carbocycles. The summed E-state index contributed by atoms with van der Waals surface area (Å²) in [5.41, 5.74) is 0.995. The first-order chi connectivity index (χ1) is 34.7. The van der Waals surface area contributed by atoms with Crippen LogP contribution in [0.2, 0.25) is 0 Å². The number of fused-ring (bicyclic) bond motifs is 7. The maximum atomic E-state index is 14.8. The number of allylic oxidation sites excluding steroid dienone is 3. The molecule has 0 bridgehead atoms. The predicted molar refractivity (Wildman–Crippen MR) is 255 cm³/mol. The number of carbonyl (C=O) groups is 1. The van der Waals surface area contributed by atoms with Crippen molar-refractivity contribution in [3.63, 3.8) is 0 Å². The van der Waals surface area contributed by atoms with Gasteiger partial charge in [0.15, 0.2) is 18.9 Å². The second-order valence-electron chi connectivity index (χ2n) is 24.8. The van der Waals surface area contributed by atoms with Crippen molar-refractivity contribution in [2.75, 3.05) is 19.8 Å². The molecule has 9 rings (SSSR count). The van der Waals surface area contributed by atoms with E-state index in [2.05, 4.69) is 54.5 Å². The van der Waals surface area contributed by atoms with E-state index >= 15 is 0 Å². The quantitative estimate of drug-likeness (QED) is 0.0974. The van der Waals surface area contributed by atoms with Gasteiger partial charge in [0, 0.05) is 0 Å². The monoisotopic (exact) mass is 1060 g/mol. The molecule has 4 aliphatic heterocycles. The van der Waals surface area contributed by atoms with Crippen molar-refractivity contribution in [2.45, 2.75) is 236 Å². The van der Waals surface area contributed by atoms with Crippen LogP contribution in [0.4, 0.5) is 0 Å². The third-order valence-corrected chi connectivity index (χ3v) is 20.7. The molecule has 74 heavy (non-hydrogen) atoms. The van der Waals surface area contributed by atoms with Gasteiger partial charge in [-0.3, -0.25) is 4.79 Å². The summed E-state index contributed by atoms with van der Waals surface area (Å²) in [5, 5.41) is 128. The van der Waals surface area contributed by atoms with Crippen molar-refractivity contribution < 1.29 is 104 Å². The number of hydrogen-bond donors (Lipinski definition) is 12. The molecule has 7 fully saturated rings. The summed E-state index contributed by atoms with van der Waals surface area (Å²) in [6.45, 7) is 15.6. The van der Waals surface area contributed by atoms with E-state index in [0.29, 0.717) is 25.7 Å². The third kappa shape index (κ3) is 8.91. The van der Waals surface area contributed by atoms with E-state index in [1.54, 1.807) is 0 Å². The van der Waals surface area contributed by atoms with Crippen LogP contribution in [0.1, 0.15) is 113 Å². The number of ether oxygens (including phenoxy) is 8. The molecule has 21 heteroatoms. The molecule has 27 atom stereocenters. The summed E-state index contributed by atoms with van der Waals surface area (Å²) in [4.78, 5) is 14.8. The summed E-state index contributed by atoms with van der Waals surface area (Å²) >= 11 is 0. The van der Waals surface area contributed by atoms with Crippen molar-refractivity contribution in [1.29, 1.82) is 0 Å². The van der Waals surface area contributed by atoms with Gasteiger partial charge in [0.05, 0.1) is 37.4 Å². The lowest BCUT2D eigenvalue weighted by Crippen LogP contribution is -2.66. The third-order valence-electron chi connectivity index (χ3n) is 20.7. The van der Waals surface area contributed by atoms with E-state index in [-0.39, 0.29) is 40.6 Å². The summed E-state index contributed by atoms with van der Waals surface area (Å²) < 4.78 is 48.5. The zero-order valence-electron chi connectivity index (χ0n) is 43.9. The highest BCUT2D eigenvalue weighted by molar-refractivity contribution is 5.84. The Kier molecular flexibility index (Phi) is 15.9. The maximum Gasteiger partial charge on any atom is 0.318 e. The Bertz CT molecular complexity index is 2100. The zero-order chi connectivity index (χ0) is 53.9. The van der Waals surface area contributed by atoms with Crippen LogP contribution in [0.15, 0.2) is 22.8 Å². The first kappa shape index (κ1) is 56.9. The smallest absolute Gasteiger partial charge is 0.318 e. The highest BCUT2D eigenvalue weighted by Gasteiger charge is 2.69. The predicted octanol–water partition coefficient (Wildman–Crippen LogP) is -0.448. The summed E-state index contributed by atoms with van der Waals surface area (Å²) in [7, 11) is 0. The molecule has 3 saturated carbocycles. The molecule has 9 aliphatic rings. The highest BCUT2D eigenvalue weighted by Crippen LogP contribution is 2.75. The van der Waals surface area contributed by atoms with Crippen molar-refractivity contribution in [3.05, 3.63) is 22.8 Å². The van der Waals surface area contributed by atoms with Crippen LogP contribution in [0, 0.1) is 44.8 Å². The molecule has 12 N–H and O–H groups in total. The van der Waals surface area contributed by atoms with Gasteiger partial charge in [-0.1, -0.05) is 53.2 Å². The lowest BCUT2D eigenvalue weighted by atomic mass is 9.34. The second kappa shape index (κ2) is 20.7. The van der Waals surface area contributed by atoms with Gasteiger partial charge in [-0.15, -0.1) is 0 Å². The second-order valence-corrected chi connectivity index (χ2v) is 24.8. The van der Waals surface area contributed by atoms with Crippen LogP contribution in [0.5, 0.6) is 0 Å². The van der Waals surface area contributed by atoms with Gasteiger partial charge in [-0.05, 0) is 122 Å². The summed E-state index contributed by atoms with van der Waals surface area (Å²) in [6, 6.07) is 0. The minimum atomic E-state index is -1.82. The van der Waals surface area contributed by atoms with Crippen LogP contribution in [-0.4, -0.2) is 210 Å². The van der Waals surface area contributed by atoms with E-state index in [9.17, 15) is 66.1 Å². The Labute approximate surface area is 432 Å². The Balaban J connectivity index is 0.953. The van der Waals surface area contributed by atoms with Crippen LogP contribution < -0.4 is 0 Å². The molecule has 21 nitrogen and oxygen atoms in total. The summed E-state index contributed by atoms with van der Waals surface area (Å²) in [5.74, 6) is -0.00424. The molecule has 0 aromatic rings. The molecule has 0 radical (unpaired) electrons. The number of aliphatic hydroxyl groups excluding tert-OH is 12. The lowest BCUT2D eigenvalue weighted by Gasteiger charge is -2.70. The normalized spacial score (nSPS) is 53.5. The number of esters is 1. The molecule has 4 heterocycles. The van der Waals surface area contributed by atoms with E-state index in [4.69, 9.17) is 37.9 Å². The van der Waals surface area contributed by atoms with Gasteiger partial charge >= 0.3 is 5.97 Å². The minimum absolute atomic E-state index is 0.135. The largest absolute Gasteiger partial charge is 0.432 e. The zero-order valence-corrected chi connectivity index (χ0v) is 43.9. The first-order valence-corrected chi connectivity index (χ1v) is 26.9. The average molecular weight is 1060 g/mol. The Morgan fingerprint density at radius 3 is 1.91 bits per heavy atom. The fraction of sp³-hybridized carbons (Fsp3) is 0.906. The van der Waals surface area contributed by atoms with E-state index < -0.39 is 153 Å². The Morgan fingerprint density at radius 2 is 1.23 bits per heavy atom. The fourth-order valence-corrected chi connectivity index (χ4v) is 15.8. The standard InChI is InChI=1S/C53H84O21/c1-22-11-16-53(48(66)74-45-41(65)38(62)35(59)27(19-54)69-45)18-17-51(7)25(32(53)23(22)2)9-10-30-50(6)14-13-31(49(4,5)29(50)12-15-52(30,51)8)71-46-42(34(58)26(56)21-67-46)73-47-43(39(63)36(60)28(20-55)70-47)72-44-40(64)37(61)33(57)24(3)68-44/h9,22,24,26-31,33-47,54-65H,10-21H2,1-8H3/t22-,24-,26+,27+,28+,29-,30+,31-,33-,34-,35+,36+,37+,38-,39-,40+,41+,42+,43+,44-,45-,46-,47-,50-,51+,52+,53-/m0/s1. The van der Waals surface area contributed by atoms with Crippen LogP contribution in [0.3, 0.4) is 0 Å². The molecular formula is C53H84O21. The van der Waals surface area contributed by atoms with Gasteiger partial charge in [0.25, 0.3) is 0 Å². The SMILES string of the molecule is CC1=C2C3=CC[C@@H]4[C@@]5(C)CC[C@H](O[C@@H]6OC[C@@H](O)[C@H](O)[C@H]6O[C@@H]6O[C@H](CO)[C@@H](O)[C@H](O)[C@H]6O[C@@H]6O[C@@H](C)[C@H](O)[C@@H](O)[C@H]6O)C(C)(C)[C@@H]5CC[C@@]4(C)[C@]3(C)CC[C@@]2(C(=O)O[C@@H]2O[C@H](CO)[C@@H](O)[C@H](O)[C@H]2O)CC[C@@H]1C. The average Bonchev–Trinajstić information content (AvgIpc) is 3.36. The fourth-order valence-electron chi connectivity index (χ4n) is 15.8. The molecule has 0 aromatic heterocycles. The van der Waals surface area contributed by atoms with E-state index in [1.807, 2.05) is 0 Å².